The molecule has 4 nitrogen and oxygen atoms in total. The van der Waals surface area contributed by atoms with Crippen LogP contribution in [-0.2, 0) is 14.1 Å². The van der Waals surface area contributed by atoms with Crippen molar-refractivity contribution in [3.63, 3.8) is 0 Å². The van der Waals surface area contributed by atoms with Gasteiger partial charge in [0.15, 0.2) is 5.82 Å². The van der Waals surface area contributed by atoms with Crippen molar-refractivity contribution >= 4 is 16.9 Å². The van der Waals surface area contributed by atoms with Crippen molar-refractivity contribution in [1.82, 2.24) is 14.3 Å². The molecule has 0 saturated carbocycles. The smallest absolute Gasteiger partial charge is 0.155 e. The van der Waals surface area contributed by atoms with E-state index in [0.29, 0.717) is 5.82 Å². The fourth-order valence-corrected chi connectivity index (χ4v) is 1.73. The maximum atomic E-state index is 5.75. The molecule has 0 atom stereocenters. The Morgan fingerprint density at radius 1 is 1.42 bits per heavy atom. The molecule has 64 valence electrons. The molecule has 2 N–H and O–H groups in total. The highest BCUT2D eigenvalue weighted by Crippen LogP contribution is 2.24. The molecular weight excluding hydrogens is 152 g/mol. The molecule has 0 spiro atoms. The highest BCUT2D eigenvalue weighted by Gasteiger charge is 2.11. The van der Waals surface area contributed by atoms with Crippen molar-refractivity contribution < 1.29 is 0 Å². The average Bonchev–Trinajstić information content (AvgIpc) is 2.38. The van der Waals surface area contributed by atoms with E-state index in [1.165, 1.54) is 5.56 Å². The molecule has 0 saturated heterocycles. The minimum absolute atomic E-state index is 0.616. The van der Waals surface area contributed by atoms with E-state index < -0.39 is 0 Å². The fraction of sp³-hybridized carbons (Fsp3) is 0.375. The van der Waals surface area contributed by atoms with Crippen LogP contribution in [-0.4, -0.2) is 14.3 Å². The third kappa shape index (κ3) is 0.691. The zero-order valence-electron chi connectivity index (χ0n) is 7.50. The summed E-state index contributed by atoms with van der Waals surface area (Å²) in [5.41, 5.74) is 8.00. The van der Waals surface area contributed by atoms with E-state index in [-0.39, 0.29) is 0 Å². The Morgan fingerprint density at radius 2 is 2.08 bits per heavy atom. The van der Waals surface area contributed by atoms with Gasteiger partial charge in [-0.05, 0) is 12.5 Å². The average molecular weight is 164 g/mol. The van der Waals surface area contributed by atoms with E-state index in [4.69, 9.17) is 5.73 Å². The van der Waals surface area contributed by atoms with Crippen LogP contribution in [0, 0.1) is 6.92 Å². The highest BCUT2D eigenvalue weighted by atomic mass is 15.3. The SMILES string of the molecule is Cc1cn(C)c2c1c(N)nn2C. The highest BCUT2D eigenvalue weighted by molar-refractivity contribution is 5.90. The van der Waals surface area contributed by atoms with E-state index in [1.807, 2.05) is 25.6 Å². The largest absolute Gasteiger partial charge is 0.382 e. The van der Waals surface area contributed by atoms with Gasteiger partial charge in [0.05, 0.1) is 5.39 Å². The summed E-state index contributed by atoms with van der Waals surface area (Å²) < 4.78 is 3.84. The zero-order valence-corrected chi connectivity index (χ0v) is 7.50. The normalized spacial score (nSPS) is 11.2. The van der Waals surface area contributed by atoms with Crippen LogP contribution in [0.5, 0.6) is 0 Å². The lowest BCUT2D eigenvalue weighted by molar-refractivity contribution is 0.761. The molecule has 4 heteroatoms. The molecule has 0 radical (unpaired) electrons. The number of anilines is 1. The second kappa shape index (κ2) is 2.03. The monoisotopic (exact) mass is 164 g/mol. The van der Waals surface area contributed by atoms with Crippen LogP contribution in [0.15, 0.2) is 6.20 Å². The topological polar surface area (TPSA) is 48.8 Å². The first kappa shape index (κ1) is 7.21. The molecule has 0 aliphatic carbocycles. The van der Waals surface area contributed by atoms with Gasteiger partial charge in [0.1, 0.15) is 5.65 Å². The van der Waals surface area contributed by atoms with Crippen LogP contribution in [0.1, 0.15) is 5.56 Å². The van der Waals surface area contributed by atoms with Crippen LogP contribution < -0.4 is 5.73 Å². The molecule has 12 heavy (non-hydrogen) atoms. The van der Waals surface area contributed by atoms with E-state index in [1.54, 1.807) is 4.68 Å². The number of hydrogen-bond acceptors (Lipinski definition) is 2. The summed E-state index contributed by atoms with van der Waals surface area (Å²) in [6.45, 7) is 2.04. The van der Waals surface area contributed by atoms with Gasteiger partial charge in [-0.2, -0.15) is 5.10 Å². The first-order valence-corrected chi connectivity index (χ1v) is 3.85. The maximum Gasteiger partial charge on any atom is 0.155 e. The van der Waals surface area contributed by atoms with Crippen molar-refractivity contribution in [3.05, 3.63) is 11.8 Å². The fourth-order valence-electron chi connectivity index (χ4n) is 1.73. The number of fused-ring (bicyclic) bond motifs is 1. The van der Waals surface area contributed by atoms with Gasteiger partial charge >= 0.3 is 0 Å². The predicted octanol–water partition coefficient (Wildman–Crippen LogP) is 0.802. The number of aryl methyl sites for hydroxylation is 3. The summed E-state index contributed by atoms with van der Waals surface area (Å²) in [7, 11) is 3.90. The summed E-state index contributed by atoms with van der Waals surface area (Å²) in [5, 5.41) is 5.21. The standard InChI is InChI=1S/C8H12N4/c1-5-4-11(2)8-6(5)7(9)10-12(8)3/h4H,1-3H3,(H2,9,10). The van der Waals surface area contributed by atoms with Gasteiger partial charge < -0.3 is 10.3 Å². The minimum Gasteiger partial charge on any atom is -0.382 e. The van der Waals surface area contributed by atoms with Gasteiger partial charge in [-0.25, -0.2) is 4.68 Å². The van der Waals surface area contributed by atoms with Gasteiger partial charge in [0.25, 0.3) is 0 Å². The van der Waals surface area contributed by atoms with Gasteiger partial charge in [0, 0.05) is 20.3 Å². The summed E-state index contributed by atoms with van der Waals surface area (Å²) >= 11 is 0. The van der Waals surface area contributed by atoms with Crippen LogP contribution >= 0.6 is 0 Å². The Morgan fingerprint density at radius 3 is 2.67 bits per heavy atom. The lowest BCUT2D eigenvalue weighted by Crippen LogP contribution is -1.96. The van der Waals surface area contributed by atoms with Crippen molar-refractivity contribution in [2.45, 2.75) is 6.92 Å². The van der Waals surface area contributed by atoms with E-state index >= 15 is 0 Å². The predicted molar refractivity (Wildman–Crippen MR) is 48.8 cm³/mol. The Bertz CT molecular complexity index is 360. The summed E-state index contributed by atoms with van der Waals surface area (Å²) in [6.07, 6.45) is 2.06. The first-order chi connectivity index (χ1) is 5.61. The third-order valence-corrected chi connectivity index (χ3v) is 2.16. The second-order valence-corrected chi connectivity index (χ2v) is 3.13. The van der Waals surface area contributed by atoms with E-state index in [2.05, 4.69) is 11.3 Å². The molecule has 2 rings (SSSR count). The summed E-state index contributed by atoms with van der Waals surface area (Å²) in [4.78, 5) is 0. The van der Waals surface area contributed by atoms with Crippen molar-refractivity contribution in [2.24, 2.45) is 14.1 Å². The molecule has 0 aromatic carbocycles. The first-order valence-electron chi connectivity index (χ1n) is 3.85. The molecule has 2 aromatic heterocycles. The van der Waals surface area contributed by atoms with Gasteiger partial charge in [-0.3, -0.25) is 0 Å². The van der Waals surface area contributed by atoms with Crippen LogP contribution in [0.25, 0.3) is 11.0 Å². The molecule has 0 unspecified atom stereocenters. The zero-order chi connectivity index (χ0) is 8.88. The van der Waals surface area contributed by atoms with Crippen molar-refractivity contribution in [2.75, 3.05) is 5.73 Å². The second-order valence-electron chi connectivity index (χ2n) is 3.13. The van der Waals surface area contributed by atoms with Crippen LogP contribution in [0.3, 0.4) is 0 Å². The van der Waals surface area contributed by atoms with Gasteiger partial charge in [-0.15, -0.1) is 0 Å². The third-order valence-electron chi connectivity index (χ3n) is 2.16. The van der Waals surface area contributed by atoms with Crippen LogP contribution in [0.4, 0.5) is 5.82 Å². The molecule has 2 heterocycles. The number of nitrogens with two attached hydrogens (primary N) is 1. The lowest BCUT2D eigenvalue weighted by Gasteiger charge is -1.93. The lowest BCUT2D eigenvalue weighted by atomic mass is 10.3. The maximum absolute atomic E-state index is 5.75. The summed E-state index contributed by atoms with van der Waals surface area (Å²) in [5.74, 6) is 0.616. The van der Waals surface area contributed by atoms with Gasteiger partial charge in [0.2, 0.25) is 0 Å². The number of hydrogen-bond donors (Lipinski definition) is 1. The Labute approximate surface area is 70.6 Å². The van der Waals surface area contributed by atoms with Crippen molar-refractivity contribution in [1.29, 1.82) is 0 Å². The van der Waals surface area contributed by atoms with Gasteiger partial charge in [-0.1, -0.05) is 0 Å². The van der Waals surface area contributed by atoms with E-state index in [9.17, 15) is 0 Å². The molecule has 0 amide bonds. The number of rotatable bonds is 0. The molecule has 0 bridgehead atoms. The van der Waals surface area contributed by atoms with Crippen LogP contribution in [0.2, 0.25) is 0 Å². The quantitative estimate of drug-likeness (QED) is 0.626. The number of aromatic nitrogens is 3. The van der Waals surface area contributed by atoms with Crippen molar-refractivity contribution in [3.8, 4) is 0 Å². The molecule has 0 aliphatic rings. The molecule has 2 aromatic rings. The Kier molecular flexibility index (Phi) is 1.22. The Hall–Kier alpha value is -1.45. The summed E-state index contributed by atoms with van der Waals surface area (Å²) in [6, 6.07) is 0. The molecule has 0 aliphatic heterocycles. The molecular formula is C8H12N4. The molecule has 0 fully saturated rings. The van der Waals surface area contributed by atoms with E-state index in [0.717, 1.165) is 11.0 Å². The number of nitrogen functional groups attached to an aromatic ring is 1. The number of nitrogens with zero attached hydrogens (tertiary/aromatic N) is 3. The Balaban J connectivity index is 3.01. The minimum atomic E-state index is 0.616.